The van der Waals surface area contributed by atoms with Crippen LogP contribution in [0.25, 0.3) is 0 Å². The van der Waals surface area contributed by atoms with E-state index in [2.05, 4.69) is 37.9 Å². The number of anilines is 2. The third-order valence-corrected chi connectivity index (χ3v) is 3.05. The predicted molar refractivity (Wildman–Crippen MR) is 78.6 cm³/mol. The lowest BCUT2D eigenvalue weighted by Crippen LogP contribution is -2.15. The quantitative estimate of drug-likeness (QED) is 0.792. The fraction of sp³-hybridized carbons (Fsp3) is 0. The SMILES string of the molecule is Nc1cncc(C(=O)Nc2ccc(I)cc2Cl)n1. The molecule has 2 aromatic rings. The Bertz CT molecular complexity index is 605. The number of nitrogens with two attached hydrogens (primary N) is 1. The van der Waals surface area contributed by atoms with Crippen LogP contribution in [0.15, 0.2) is 30.6 Å². The molecule has 0 radical (unpaired) electrons. The Morgan fingerprint density at radius 3 is 2.83 bits per heavy atom. The predicted octanol–water partition coefficient (Wildman–Crippen LogP) is 2.57. The molecule has 0 saturated heterocycles. The molecule has 0 aliphatic heterocycles. The van der Waals surface area contributed by atoms with Crippen LogP contribution < -0.4 is 11.1 Å². The van der Waals surface area contributed by atoms with Gasteiger partial charge in [-0.15, -0.1) is 0 Å². The van der Waals surface area contributed by atoms with Crippen LogP contribution in [-0.4, -0.2) is 15.9 Å². The van der Waals surface area contributed by atoms with E-state index >= 15 is 0 Å². The summed E-state index contributed by atoms with van der Waals surface area (Å²) in [7, 11) is 0. The van der Waals surface area contributed by atoms with Gasteiger partial charge in [-0.1, -0.05) is 11.6 Å². The van der Waals surface area contributed by atoms with Gasteiger partial charge in [-0.3, -0.25) is 9.78 Å². The summed E-state index contributed by atoms with van der Waals surface area (Å²) in [6, 6.07) is 5.32. The van der Waals surface area contributed by atoms with Crippen molar-refractivity contribution in [1.82, 2.24) is 9.97 Å². The number of carbonyl (C=O) groups is 1. The van der Waals surface area contributed by atoms with Gasteiger partial charge in [0.2, 0.25) is 0 Å². The molecular weight excluding hydrogens is 367 g/mol. The first-order chi connectivity index (χ1) is 8.56. The molecule has 0 aliphatic rings. The van der Waals surface area contributed by atoms with Crippen LogP contribution in [-0.2, 0) is 0 Å². The molecule has 1 aromatic heterocycles. The molecular formula is C11H8ClIN4O. The van der Waals surface area contributed by atoms with Gasteiger partial charge in [-0.2, -0.15) is 0 Å². The summed E-state index contributed by atoms with van der Waals surface area (Å²) in [4.78, 5) is 19.5. The van der Waals surface area contributed by atoms with E-state index < -0.39 is 5.91 Å². The maximum atomic E-state index is 11.9. The lowest BCUT2D eigenvalue weighted by atomic mass is 10.3. The zero-order valence-electron chi connectivity index (χ0n) is 9.02. The Labute approximate surface area is 122 Å². The van der Waals surface area contributed by atoms with Gasteiger partial charge in [-0.25, -0.2) is 4.98 Å². The first-order valence-electron chi connectivity index (χ1n) is 4.90. The summed E-state index contributed by atoms with van der Waals surface area (Å²) in [5, 5.41) is 3.11. The molecule has 0 unspecified atom stereocenters. The third kappa shape index (κ3) is 3.08. The molecule has 0 saturated carbocycles. The van der Waals surface area contributed by atoms with Crippen molar-refractivity contribution in [3.63, 3.8) is 0 Å². The number of hydrogen-bond donors (Lipinski definition) is 2. The average Bonchev–Trinajstić information content (AvgIpc) is 2.32. The van der Waals surface area contributed by atoms with Gasteiger partial charge in [-0.05, 0) is 40.8 Å². The number of rotatable bonds is 2. The molecule has 0 aliphatic carbocycles. The van der Waals surface area contributed by atoms with Crippen molar-refractivity contribution < 1.29 is 4.79 Å². The van der Waals surface area contributed by atoms with Gasteiger partial charge in [0.25, 0.3) is 5.91 Å². The van der Waals surface area contributed by atoms with Crippen molar-refractivity contribution in [1.29, 1.82) is 0 Å². The molecule has 5 nitrogen and oxygen atoms in total. The van der Waals surface area contributed by atoms with Crippen molar-refractivity contribution >= 4 is 51.6 Å². The minimum atomic E-state index is -0.405. The average molecular weight is 375 g/mol. The Balaban J connectivity index is 2.21. The van der Waals surface area contributed by atoms with Crippen molar-refractivity contribution in [2.45, 2.75) is 0 Å². The third-order valence-electron chi connectivity index (χ3n) is 2.07. The van der Waals surface area contributed by atoms with Gasteiger partial charge < -0.3 is 11.1 Å². The van der Waals surface area contributed by atoms with E-state index in [9.17, 15) is 4.79 Å². The highest BCUT2D eigenvalue weighted by Crippen LogP contribution is 2.24. The van der Waals surface area contributed by atoms with E-state index in [4.69, 9.17) is 17.3 Å². The van der Waals surface area contributed by atoms with Crippen LogP contribution in [0.1, 0.15) is 10.5 Å². The molecule has 1 amide bonds. The summed E-state index contributed by atoms with van der Waals surface area (Å²) < 4.78 is 0.986. The van der Waals surface area contributed by atoms with E-state index in [-0.39, 0.29) is 11.5 Å². The van der Waals surface area contributed by atoms with Crippen molar-refractivity contribution in [3.05, 3.63) is 44.9 Å². The van der Waals surface area contributed by atoms with Crippen LogP contribution in [0.3, 0.4) is 0 Å². The first kappa shape index (κ1) is 13.0. The van der Waals surface area contributed by atoms with Gasteiger partial charge in [0, 0.05) is 3.57 Å². The molecule has 0 atom stereocenters. The summed E-state index contributed by atoms with van der Waals surface area (Å²) in [6.45, 7) is 0. The summed E-state index contributed by atoms with van der Waals surface area (Å²) in [5.41, 5.74) is 6.12. The van der Waals surface area contributed by atoms with Crippen LogP contribution in [0, 0.1) is 3.57 Å². The second-order valence-electron chi connectivity index (χ2n) is 3.41. The number of halogens is 2. The Morgan fingerprint density at radius 1 is 1.39 bits per heavy atom. The summed E-state index contributed by atoms with van der Waals surface area (Å²) in [6.07, 6.45) is 2.71. The minimum absolute atomic E-state index is 0.143. The Hall–Kier alpha value is -1.41. The highest BCUT2D eigenvalue weighted by molar-refractivity contribution is 14.1. The summed E-state index contributed by atoms with van der Waals surface area (Å²) >= 11 is 8.15. The summed E-state index contributed by atoms with van der Waals surface area (Å²) in [5.74, 6) is -0.214. The molecule has 0 fully saturated rings. The number of benzene rings is 1. The zero-order valence-corrected chi connectivity index (χ0v) is 11.9. The second-order valence-corrected chi connectivity index (χ2v) is 5.06. The lowest BCUT2D eigenvalue weighted by molar-refractivity contribution is 0.102. The van der Waals surface area contributed by atoms with Crippen LogP contribution >= 0.6 is 34.2 Å². The highest BCUT2D eigenvalue weighted by atomic mass is 127. The number of carbonyl (C=O) groups excluding carboxylic acids is 1. The Morgan fingerprint density at radius 2 is 2.17 bits per heavy atom. The topological polar surface area (TPSA) is 80.9 Å². The molecule has 18 heavy (non-hydrogen) atoms. The van der Waals surface area contributed by atoms with E-state index in [1.54, 1.807) is 12.1 Å². The molecule has 0 bridgehead atoms. The monoisotopic (exact) mass is 374 g/mol. The maximum absolute atomic E-state index is 11.9. The van der Waals surface area contributed by atoms with E-state index in [0.717, 1.165) is 3.57 Å². The number of hydrogen-bond acceptors (Lipinski definition) is 4. The van der Waals surface area contributed by atoms with E-state index in [1.165, 1.54) is 12.4 Å². The maximum Gasteiger partial charge on any atom is 0.275 e. The largest absolute Gasteiger partial charge is 0.382 e. The molecule has 3 N–H and O–H groups in total. The molecule has 0 spiro atoms. The van der Waals surface area contributed by atoms with Crippen molar-refractivity contribution in [2.24, 2.45) is 0 Å². The fourth-order valence-electron chi connectivity index (χ4n) is 1.27. The molecule has 1 heterocycles. The number of nitrogens with one attached hydrogen (secondary N) is 1. The van der Waals surface area contributed by atoms with E-state index in [1.807, 2.05) is 6.07 Å². The van der Waals surface area contributed by atoms with Gasteiger partial charge in [0.05, 0.1) is 23.1 Å². The van der Waals surface area contributed by atoms with Gasteiger partial charge >= 0.3 is 0 Å². The zero-order chi connectivity index (χ0) is 13.1. The fourth-order valence-corrected chi connectivity index (χ4v) is 2.17. The number of nitrogen functional groups attached to an aromatic ring is 1. The Kier molecular flexibility index (Phi) is 3.97. The van der Waals surface area contributed by atoms with Crippen LogP contribution in [0.4, 0.5) is 11.5 Å². The normalized spacial score (nSPS) is 10.1. The van der Waals surface area contributed by atoms with Crippen molar-refractivity contribution in [2.75, 3.05) is 11.1 Å². The van der Waals surface area contributed by atoms with Crippen LogP contribution in [0.2, 0.25) is 5.02 Å². The molecule has 7 heteroatoms. The highest BCUT2D eigenvalue weighted by Gasteiger charge is 2.10. The lowest BCUT2D eigenvalue weighted by Gasteiger charge is -2.07. The smallest absolute Gasteiger partial charge is 0.275 e. The van der Waals surface area contributed by atoms with Crippen molar-refractivity contribution in [3.8, 4) is 0 Å². The minimum Gasteiger partial charge on any atom is -0.382 e. The van der Waals surface area contributed by atoms with Gasteiger partial charge in [0.15, 0.2) is 0 Å². The van der Waals surface area contributed by atoms with Gasteiger partial charge in [0.1, 0.15) is 11.5 Å². The number of aromatic nitrogens is 2. The number of nitrogens with zero attached hydrogens (tertiary/aromatic N) is 2. The molecule has 1 aromatic carbocycles. The molecule has 2 rings (SSSR count). The van der Waals surface area contributed by atoms with E-state index in [0.29, 0.717) is 10.7 Å². The second kappa shape index (κ2) is 5.49. The number of amides is 1. The molecule has 92 valence electrons. The van der Waals surface area contributed by atoms with Crippen LogP contribution in [0.5, 0.6) is 0 Å². The first-order valence-corrected chi connectivity index (χ1v) is 6.36. The standard InChI is InChI=1S/C11H8ClIN4O/c12-7-3-6(13)1-2-8(7)17-11(18)9-4-15-5-10(14)16-9/h1-5H,(H2,14,16)(H,17,18).